The molecule has 0 saturated heterocycles. The molecule has 0 aliphatic rings. The molecule has 0 fully saturated rings. The second-order valence-electron chi connectivity index (χ2n) is 8.42. The third-order valence-corrected chi connectivity index (χ3v) is 6.04. The smallest absolute Gasteiger partial charge is 0.270 e. The molecule has 0 radical (unpaired) electrons. The van der Waals surface area contributed by atoms with E-state index in [1.807, 2.05) is 86.6 Å². The number of rotatable bonds is 7. The van der Waals surface area contributed by atoms with E-state index in [2.05, 4.69) is 10.3 Å². The van der Waals surface area contributed by atoms with E-state index in [1.165, 1.54) is 5.56 Å². The number of nitrogens with zero attached hydrogens (tertiary/aromatic N) is 1. The molecule has 176 valence electrons. The van der Waals surface area contributed by atoms with Crippen LogP contribution in [-0.4, -0.2) is 29.6 Å². The molecule has 0 unspecified atom stereocenters. The number of methoxy groups -OCH3 is 1. The van der Waals surface area contributed by atoms with E-state index in [0.29, 0.717) is 36.0 Å². The fraction of sp³-hybridized carbons (Fsp3) is 0.172. The van der Waals surface area contributed by atoms with Crippen LogP contribution in [0.2, 0.25) is 0 Å². The number of pyridine rings is 1. The summed E-state index contributed by atoms with van der Waals surface area (Å²) in [5, 5.41) is 4.99. The molecule has 35 heavy (non-hydrogen) atoms. The van der Waals surface area contributed by atoms with Crippen LogP contribution in [0.25, 0.3) is 33.1 Å². The van der Waals surface area contributed by atoms with Gasteiger partial charge in [0.05, 0.1) is 24.9 Å². The zero-order valence-corrected chi connectivity index (χ0v) is 20.0. The number of carbonyl (C=O) groups is 1. The van der Waals surface area contributed by atoms with Crippen LogP contribution >= 0.6 is 0 Å². The summed E-state index contributed by atoms with van der Waals surface area (Å²) in [5.74, 6) is 1.06. The Labute approximate surface area is 203 Å². The van der Waals surface area contributed by atoms with Crippen molar-refractivity contribution in [3.8, 4) is 22.8 Å². The number of aryl methyl sites for hydroxylation is 1. The molecule has 3 aromatic carbocycles. The highest BCUT2D eigenvalue weighted by Gasteiger charge is 2.18. The predicted molar refractivity (Wildman–Crippen MR) is 139 cm³/mol. The summed E-state index contributed by atoms with van der Waals surface area (Å²) in [4.78, 5) is 21.5. The highest BCUT2D eigenvalue weighted by Crippen LogP contribution is 2.36. The van der Waals surface area contributed by atoms with E-state index < -0.39 is 0 Å². The Bertz CT molecular complexity index is 1520. The van der Waals surface area contributed by atoms with Gasteiger partial charge in [-0.3, -0.25) is 4.79 Å². The lowest BCUT2D eigenvalue weighted by Crippen LogP contribution is -2.24. The average Bonchev–Trinajstić information content (AvgIpc) is 3.27. The molecule has 2 heterocycles. The number of hydrogen-bond acceptors (Lipinski definition) is 4. The molecular weight excluding hydrogens is 438 g/mol. The van der Waals surface area contributed by atoms with Crippen LogP contribution in [0.5, 0.6) is 11.5 Å². The Morgan fingerprint density at radius 2 is 1.77 bits per heavy atom. The third-order valence-electron chi connectivity index (χ3n) is 6.04. The van der Waals surface area contributed by atoms with Crippen molar-refractivity contribution < 1.29 is 14.3 Å². The molecular formula is C29H27N3O3. The van der Waals surface area contributed by atoms with Gasteiger partial charge in [0, 0.05) is 28.4 Å². The summed E-state index contributed by atoms with van der Waals surface area (Å²) >= 11 is 0. The highest BCUT2D eigenvalue weighted by atomic mass is 16.5. The van der Waals surface area contributed by atoms with Crippen molar-refractivity contribution in [1.82, 2.24) is 15.3 Å². The lowest BCUT2D eigenvalue weighted by molar-refractivity contribution is 0.0946. The van der Waals surface area contributed by atoms with Gasteiger partial charge in [-0.05, 0) is 49.7 Å². The number of H-pyrrole nitrogens is 1. The lowest BCUT2D eigenvalue weighted by atomic mass is 10.1. The summed E-state index contributed by atoms with van der Waals surface area (Å²) < 4.78 is 11.2. The van der Waals surface area contributed by atoms with Crippen molar-refractivity contribution in [2.24, 2.45) is 0 Å². The predicted octanol–water partition coefficient (Wildman–Crippen LogP) is 6.03. The molecule has 1 amide bonds. The summed E-state index contributed by atoms with van der Waals surface area (Å²) in [7, 11) is 1.61. The zero-order chi connectivity index (χ0) is 24.4. The molecule has 5 rings (SSSR count). The fourth-order valence-corrected chi connectivity index (χ4v) is 4.24. The van der Waals surface area contributed by atoms with Gasteiger partial charge >= 0.3 is 0 Å². The summed E-state index contributed by atoms with van der Waals surface area (Å²) in [5.41, 5.74) is 5.94. The van der Waals surface area contributed by atoms with E-state index in [1.54, 1.807) is 7.11 Å². The summed E-state index contributed by atoms with van der Waals surface area (Å²) in [6.07, 6.45) is 0. The van der Waals surface area contributed by atoms with Gasteiger partial charge < -0.3 is 19.8 Å². The number of benzene rings is 3. The molecule has 6 heteroatoms. The van der Waals surface area contributed by atoms with E-state index in [4.69, 9.17) is 14.5 Å². The van der Waals surface area contributed by atoms with E-state index >= 15 is 0 Å². The second kappa shape index (κ2) is 9.50. The first-order valence-electron chi connectivity index (χ1n) is 11.6. The van der Waals surface area contributed by atoms with Crippen molar-refractivity contribution in [1.29, 1.82) is 0 Å². The zero-order valence-electron chi connectivity index (χ0n) is 20.0. The Morgan fingerprint density at radius 1 is 0.971 bits per heavy atom. The van der Waals surface area contributed by atoms with E-state index in [0.717, 1.165) is 32.9 Å². The molecule has 2 N–H and O–H groups in total. The number of para-hydroxylation sites is 1. The normalized spacial score (nSPS) is 11.1. The van der Waals surface area contributed by atoms with Crippen molar-refractivity contribution >= 4 is 27.7 Å². The number of aromatic nitrogens is 2. The minimum atomic E-state index is -0.225. The van der Waals surface area contributed by atoms with Crippen LogP contribution in [0.1, 0.15) is 28.5 Å². The molecule has 6 nitrogen and oxygen atoms in total. The first-order chi connectivity index (χ1) is 17.1. The van der Waals surface area contributed by atoms with Crippen molar-refractivity contribution in [2.75, 3.05) is 13.7 Å². The monoisotopic (exact) mass is 465 g/mol. The first-order valence-corrected chi connectivity index (χ1v) is 11.6. The number of amides is 1. The molecule has 2 aromatic heterocycles. The maximum absolute atomic E-state index is 13.2. The quantitative estimate of drug-likeness (QED) is 0.308. The molecule has 0 bridgehead atoms. The third kappa shape index (κ3) is 4.43. The molecule has 0 spiro atoms. The van der Waals surface area contributed by atoms with Gasteiger partial charge in [0.2, 0.25) is 0 Å². The topological polar surface area (TPSA) is 76.2 Å². The number of ether oxygens (including phenoxy) is 2. The van der Waals surface area contributed by atoms with Gasteiger partial charge in [-0.2, -0.15) is 0 Å². The number of nitrogens with one attached hydrogen (secondary N) is 2. The van der Waals surface area contributed by atoms with Crippen LogP contribution in [-0.2, 0) is 6.54 Å². The number of fused-ring (bicyclic) bond motifs is 3. The van der Waals surface area contributed by atoms with E-state index in [-0.39, 0.29) is 5.91 Å². The summed E-state index contributed by atoms with van der Waals surface area (Å²) in [6, 6.07) is 23.7. The Morgan fingerprint density at radius 3 is 2.54 bits per heavy atom. The van der Waals surface area contributed by atoms with Gasteiger partial charge in [-0.1, -0.05) is 48.0 Å². The molecule has 0 atom stereocenters. The number of carbonyl (C=O) groups excluding carboxylic acids is 1. The second-order valence-corrected chi connectivity index (χ2v) is 8.42. The largest absolute Gasteiger partial charge is 0.493 e. The van der Waals surface area contributed by atoms with Gasteiger partial charge in [0.25, 0.3) is 5.91 Å². The Hall–Kier alpha value is -4.32. The van der Waals surface area contributed by atoms with Gasteiger partial charge in [-0.15, -0.1) is 0 Å². The SMILES string of the molecule is CCOc1ccc(-c2nc(C(=O)NCc3ccc(C)cc3)cc3c2[nH]c2ccccc23)cc1OC. The minimum absolute atomic E-state index is 0.225. The standard InChI is InChI=1S/C29H27N3O3/c1-4-35-25-14-13-20(15-26(25)34-3)27-28-22(21-7-5-6-8-23(21)31-28)16-24(32-27)29(33)30-17-19-11-9-18(2)10-12-19/h5-16,31H,4,17H2,1-3H3,(H,30,33). The van der Waals surface area contributed by atoms with Crippen molar-refractivity contribution in [3.63, 3.8) is 0 Å². The number of hydrogen-bond donors (Lipinski definition) is 2. The maximum atomic E-state index is 13.2. The minimum Gasteiger partial charge on any atom is -0.493 e. The van der Waals surface area contributed by atoms with Gasteiger partial charge in [-0.25, -0.2) is 4.98 Å². The van der Waals surface area contributed by atoms with Crippen LogP contribution in [0.3, 0.4) is 0 Å². The highest BCUT2D eigenvalue weighted by molar-refractivity contribution is 6.13. The molecule has 0 saturated carbocycles. The van der Waals surface area contributed by atoms with Crippen LogP contribution in [0.15, 0.2) is 72.8 Å². The van der Waals surface area contributed by atoms with Crippen LogP contribution < -0.4 is 14.8 Å². The molecule has 0 aliphatic heterocycles. The molecule has 0 aliphatic carbocycles. The van der Waals surface area contributed by atoms with Crippen molar-refractivity contribution in [2.45, 2.75) is 20.4 Å². The Balaban J connectivity index is 1.60. The van der Waals surface area contributed by atoms with Gasteiger partial charge in [0.15, 0.2) is 11.5 Å². The maximum Gasteiger partial charge on any atom is 0.270 e. The lowest BCUT2D eigenvalue weighted by Gasteiger charge is -2.12. The average molecular weight is 466 g/mol. The fourth-order valence-electron chi connectivity index (χ4n) is 4.24. The molecule has 5 aromatic rings. The van der Waals surface area contributed by atoms with Crippen molar-refractivity contribution in [3.05, 3.63) is 89.6 Å². The number of aromatic amines is 1. The van der Waals surface area contributed by atoms with Gasteiger partial charge in [0.1, 0.15) is 5.69 Å². The van der Waals surface area contributed by atoms with Crippen LogP contribution in [0, 0.1) is 6.92 Å². The first kappa shape index (κ1) is 22.5. The summed E-state index contributed by atoms with van der Waals surface area (Å²) in [6.45, 7) is 4.94. The van der Waals surface area contributed by atoms with Crippen LogP contribution in [0.4, 0.5) is 0 Å². The van der Waals surface area contributed by atoms with E-state index in [9.17, 15) is 4.79 Å². The Kier molecular flexibility index (Phi) is 6.10.